The van der Waals surface area contributed by atoms with Crippen LogP contribution in [0.3, 0.4) is 0 Å². The van der Waals surface area contributed by atoms with E-state index in [-0.39, 0.29) is 11.6 Å². The summed E-state index contributed by atoms with van der Waals surface area (Å²) < 4.78 is 31.8. The highest BCUT2D eigenvalue weighted by atomic mass is 19.2. The summed E-state index contributed by atoms with van der Waals surface area (Å²) in [5.74, 6) is -3.80. The number of anilines is 1. The molecule has 0 aliphatic carbocycles. The van der Waals surface area contributed by atoms with E-state index in [1.165, 1.54) is 17.9 Å². The van der Waals surface area contributed by atoms with Gasteiger partial charge in [-0.3, -0.25) is 4.79 Å². The van der Waals surface area contributed by atoms with E-state index in [0.29, 0.717) is 0 Å². The summed E-state index contributed by atoms with van der Waals surface area (Å²) in [5.41, 5.74) is -0.694. The standard InChI is InChI=1S/C13H16F2N2O3/c1-7(12(18)17(2)3)16-9-6-5-8(13(19)20-4)10(14)11(9)15/h5-7,16H,1-4H3. The highest BCUT2D eigenvalue weighted by Crippen LogP contribution is 2.22. The molecule has 0 aliphatic rings. The van der Waals surface area contributed by atoms with Crippen LogP contribution in [0.4, 0.5) is 14.5 Å². The van der Waals surface area contributed by atoms with Crippen LogP contribution in [0.15, 0.2) is 12.1 Å². The van der Waals surface area contributed by atoms with Crippen LogP contribution in [0.5, 0.6) is 0 Å². The van der Waals surface area contributed by atoms with Crippen molar-refractivity contribution >= 4 is 17.6 Å². The van der Waals surface area contributed by atoms with Crippen LogP contribution in [0.1, 0.15) is 17.3 Å². The maximum Gasteiger partial charge on any atom is 0.340 e. The maximum atomic E-state index is 13.8. The Morgan fingerprint density at radius 2 is 1.85 bits per heavy atom. The van der Waals surface area contributed by atoms with Crippen molar-refractivity contribution in [3.8, 4) is 0 Å². The largest absolute Gasteiger partial charge is 0.465 e. The zero-order chi connectivity index (χ0) is 15.4. The number of methoxy groups -OCH3 is 1. The van der Waals surface area contributed by atoms with Gasteiger partial charge in [-0.1, -0.05) is 0 Å². The van der Waals surface area contributed by atoms with Gasteiger partial charge in [0.15, 0.2) is 11.6 Å². The zero-order valence-electron chi connectivity index (χ0n) is 11.7. The number of halogens is 2. The normalized spacial score (nSPS) is 11.7. The molecule has 1 unspecified atom stereocenters. The topological polar surface area (TPSA) is 58.6 Å². The van der Waals surface area contributed by atoms with Gasteiger partial charge in [0.25, 0.3) is 0 Å². The summed E-state index contributed by atoms with van der Waals surface area (Å²) in [7, 11) is 4.18. The molecule has 0 saturated heterocycles. The molecular formula is C13H16F2N2O3. The van der Waals surface area contributed by atoms with Gasteiger partial charge in [-0.05, 0) is 19.1 Å². The lowest BCUT2D eigenvalue weighted by Crippen LogP contribution is -2.36. The van der Waals surface area contributed by atoms with Crippen molar-refractivity contribution in [2.75, 3.05) is 26.5 Å². The smallest absolute Gasteiger partial charge is 0.340 e. The van der Waals surface area contributed by atoms with E-state index in [0.717, 1.165) is 13.2 Å². The van der Waals surface area contributed by atoms with Gasteiger partial charge < -0.3 is 15.0 Å². The van der Waals surface area contributed by atoms with E-state index in [1.807, 2.05) is 0 Å². The number of ether oxygens (including phenoxy) is 1. The van der Waals surface area contributed by atoms with Gasteiger partial charge in [0.1, 0.15) is 6.04 Å². The monoisotopic (exact) mass is 286 g/mol. The number of nitrogens with one attached hydrogen (secondary N) is 1. The number of esters is 1. The molecule has 20 heavy (non-hydrogen) atoms. The zero-order valence-corrected chi connectivity index (χ0v) is 11.7. The van der Waals surface area contributed by atoms with Gasteiger partial charge in [-0.2, -0.15) is 0 Å². The molecule has 1 aromatic carbocycles. The second kappa shape index (κ2) is 6.31. The third-order valence-corrected chi connectivity index (χ3v) is 2.67. The molecular weight excluding hydrogens is 270 g/mol. The first-order chi connectivity index (χ1) is 9.29. The molecule has 0 bridgehead atoms. The Hall–Kier alpha value is -2.18. The van der Waals surface area contributed by atoms with E-state index in [9.17, 15) is 18.4 Å². The first-order valence-electron chi connectivity index (χ1n) is 5.83. The fraction of sp³-hybridized carbons (Fsp3) is 0.385. The number of benzene rings is 1. The Balaban J connectivity index is 3.02. The molecule has 1 amide bonds. The molecule has 1 N–H and O–H groups in total. The second-order valence-corrected chi connectivity index (χ2v) is 4.38. The molecule has 0 aliphatic heterocycles. The first-order valence-corrected chi connectivity index (χ1v) is 5.83. The van der Waals surface area contributed by atoms with Crippen molar-refractivity contribution in [2.24, 2.45) is 0 Å². The highest BCUT2D eigenvalue weighted by Gasteiger charge is 2.21. The number of carbonyl (C=O) groups is 2. The number of likely N-dealkylation sites (N-methyl/N-ethyl adjacent to an activating group) is 1. The van der Waals surface area contributed by atoms with Crippen molar-refractivity contribution in [2.45, 2.75) is 13.0 Å². The lowest BCUT2D eigenvalue weighted by Gasteiger charge is -2.19. The molecule has 0 heterocycles. The van der Waals surface area contributed by atoms with Crippen molar-refractivity contribution in [1.82, 2.24) is 4.90 Å². The third-order valence-electron chi connectivity index (χ3n) is 2.67. The van der Waals surface area contributed by atoms with Crippen LogP contribution in [-0.2, 0) is 9.53 Å². The van der Waals surface area contributed by atoms with Crippen LogP contribution in [0.25, 0.3) is 0 Å². The molecule has 1 aromatic rings. The van der Waals surface area contributed by atoms with Crippen LogP contribution in [0.2, 0.25) is 0 Å². The van der Waals surface area contributed by atoms with E-state index in [2.05, 4.69) is 10.1 Å². The number of nitrogens with zero attached hydrogens (tertiary/aromatic N) is 1. The molecule has 0 spiro atoms. The van der Waals surface area contributed by atoms with E-state index < -0.39 is 29.2 Å². The summed E-state index contributed by atoms with van der Waals surface area (Å²) >= 11 is 0. The van der Waals surface area contributed by atoms with Crippen molar-refractivity contribution in [3.63, 3.8) is 0 Å². The second-order valence-electron chi connectivity index (χ2n) is 4.38. The Bertz CT molecular complexity index is 533. The van der Waals surface area contributed by atoms with Crippen molar-refractivity contribution in [1.29, 1.82) is 0 Å². The van der Waals surface area contributed by atoms with Gasteiger partial charge in [0, 0.05) is 14.1 Å². The van der Waals surface area contributed by atoms with E-state index >= 15 is 0 Å². The van der Waals surface area contributed by atoms with Crippen LogP contribution in [0, 0.1) is 11.6 Å². The predicted molar refractivity (Wildman–Crippen MR) is 69.5 cm³/mol. The molecule has 7 heteroatoms. The van der Waals surface area contributed by atoms with Gasteiger partial charge in [0.2, 0.25) is 5.91 Å². The molecule has 0 radical (unpaired) electrons. The Kier molecular flexibility index (Phi) is 5.01. The minimum atomic E-state index is -1.31. The summed E-state index contributed by atoms with van der Waals surface area (Å²) in [6.07, 6.45) is 0. The minimum Gasteiger partial charge on any atom is -0.465 e. The lowest BCUT2D eigenvalue weighted by atomic mass is 10.1. The quantitative estimate of drug-likeness (QED) is 0.855. The lowest BCUT2D eigenvalue weighted by molar-refractivity contribution is -0.129. The van der Waals surface area contributed by atoms with E-state index in [4.69, 9.17) is 0 Å². The Morgan fingerprint density at radius 3 is 2.35 bits per heavy atom. The number of hydrogen-bond acceptors (Lipinski definition) is 4. The molecule has 0 saturated carbocycles. The van der Waals surface area contributed by atoms with Gasteiger partial charge in [0.05, 0.1) is 18.4 Å². The minimum absolute atomic E-state index is 0.196. The van der Waals surface area contributed by atoms with Gasteiger partial charge >= 0.3 is 5.97 Å². The number of hydrogen-bond donors (Lipinski definition) is 1. The molecule has 1 rings (SSSR count). The molecule has 110 valence electrons. The summed E-state index contributed by atoms with van der Waals surface area (Å²) in [5, 5.41) is 2.56. The Labute approximate surface area is 115 Å². The number of rotatable bonds is 4. The first kappa shape index (κ1) is 15.9. The van der Waals surface area contributed by atoms with Crippen LogP contribution in [-0.4, -0.2) is 44.0 Å². The number of carbonyl (C=O) groups excluding carboxylic acids is 2. The van der Waals surface area contributed by atoms with Gasteiger partial charge in [-0.25, -0.2) is 13.6 Å². The predicted octanol–water partition coefficient (Wildman–Crippen LogP) is 1.64. The molecule has 1 atom stereocenters. The van der Waals surface area contributed by atoms with Crippen molar-refractivity contribution in [3.05, 3.63) is 29.3 Å². The average molecular weight is 286 g/mol. The van der Waals surface area contributed by atoms with Crippen LogP contribution >= 0.6 is 0 Å². The maximum absolute atomic E-state index is 13.8. The summed E-state index contributed by atoms with van der Waals surface area (Å²) in [6, 6.07) is 1.55. The summed E-state index contributed by atoms with van der Waals surface area (Å²) in [4.78, 5) is 24.2. The molecule has 0 aromatic heterocycles. The SMILES string of the molecule is COC(=O)c1ccc(NC(C)C(=O)N(C)C)c(F)c1F. The fourth-order valence-electron chi connectivity index (χ4n) is 1.61. The van der Waals surface area contributed by atoms with E-state index in [1.54, 1.807) is 14.1 Å². The molecule has 5 nitrogen and oxygen atoms in total. The van der Waals surface area contributed by atoms with Gasteiger partial charge in [-0.15, -0.1) is 0 Å². The van der Waals surface area contributed by atoms with Crippen LogP contribution < -0.4 is 5.32 Å². The summed E-state index contributed by atoms with van der Waals surface area (Å²) in [6.45, 7) is 1.52. The fourth-order valence-corrected chi connectivity index (χ4v) is 1.61. The third kappa shape index (κ3) is 3.23. The van der Waals surface area contributed by atoms with Crippen molar-refractivity contribution < 1.29 is 23.1 Å². The average Bonchev–Trinajstić information content (AvgIpc) is 2.42. The highest BCUT2D eigenvalue weighted by molar-refractivity contribution is 5.90. The Morgan fingerprint density at radius 1 is 1.25 bits per heavy atom. The number of amides is 1. The molecule has 0 fully saturated rings.